The lowest BCUT2D eigenvalue weighted by molar-refractivity contribution is 0.478. The van der Waals surface area contributed by atoms with Gasteiger partial charge in [0.05, 0.1) is 5.69 Å². The van der Waals surface area contributed by atoms with Crippen molar-refractivity contribution in [3.8, 4) is 0 Å². The molecule has 0 fully saturated rings. The summed E-state index contributed by atoms with van der Waals surface area (Å²) in [6.45, 7) is 9.77. The van der Waals surface area contributed by atoms with Crippen LogP contribution < -0.4 is 0 Å². The highest BCUT2D eigenvalue weighted by atomic mass is 15.3. The van der Waals surface area contributed by atoms with Gasteiger partial charge in [0.25, 0.3) is 0 Å². The summed E-state index contributed by atoms with van der Waals surface area (Å²) < 4.78 is 2.03. The Morgan fingerprint density at radius 2 is 2.00 bits per heavy atom. The van der Waals surface area contributed by atoms with Crippen LogP contribution >= 0.6 is 0 Å². The lowest BCUT2D eigenvalue weighted by Gasteiger charge is -2.04. The molecule has 1 heterocycles. The van der Waals surface area contributed by atoms with Gasteiger partial charge >= 0.3 is 0 Å². The standard InChI is InChI=1S/C10H18N2/c1-8(2)7-12-6-5-10(11-12)9(3)4/h5-6,8-9H,7H2,1-4H3. The maximum Gasteiger partial charge on any atom is 0.0649 e. The zero-order chi connectivity index (χ0) is 9.14. The van der Waals surface area contributed by atoms with Crippen molar-refractivity contribution in [2.24, 2.45) is 5.92 Å². The van der Waals surface area contributed by atoms with E-state index in [1.165, 1.54) is 5.69 Å². The molecule has 2 nitrogen and oxygen atoms in total. The van der Waals surface area contributed by atoms with E-state index in [4.69, 9.17) is 0 Å². The third-order valence-electron chi connectivity index (χ3n) is 1.81. The molecule has 1 rings (SSSR count). The topological polar surface area (TPSA) is 17.8 Å². The molecule has 0 bridgehead atoms. The van der Waals surface area contributed by atoms with E-state index in [1.807, 2.05) is 4.68 Å². The summed E-state index contributed by atoms with van der Waals surface area (Å²) in [5.41, 5.74) is 1.19. The maximum atomic E-state index is 4.47. The van der Waals surface area contributed by atoms with Gasteiger partial charge in [-0.1, -0.05) is 27.7 Å². The van der Waals surface area contributed by atoms with Crippen LogP contribution in [-0.2, 0) is 6.54 Å². The van der Waals surface area contributed by atoms with Crippen LogP contribution in [-0.4, -0.2) is 9.78 Å². The second-order valence-electron chi connectivity index (χ2n) is 4.01. The highest BCUT2D eigenvalue weighted by Gasteiger charge is 2.03. The molecule has 68 valence electrons. The van der Waals surface area contributed by atoms with Gasteiger partial charge in [-0.2, -0.15) is 5.10 Å². The van der Waals surface area contributed by atoms with Gasteiger partial charge in [0.15, 0.2) is 0 Å². The van der Waals surface area contributed by atoms with E-state index in [2.05, 4.69) is 45.1 Å². The Labute approximate surface area is 74.6 Å². The Morgan fingerprint density at radius 3 is 2.42 bits per heavy atom. The Kier molecular flexibility index (Phi) is 2.90. The number of hydrogen-bond donors (Lipinski definition) is 0. The third-order valence-corrected chi connectivity index (χ3v) is 1.81. The fraction of sp³-hybridized carbons (Fsp3) is 0.700. The summed E-state index contributed by atoms with van der Waals surface area (Å²) in [4.78, 5) is 0. The van der Waals surface area contributed by atoms with Crippen molar-refractivity contribution in [1.29, 1.82) is 0 Å². The molecule has 0 radical (unpaired) electrons. The van der Waals surface area contributed by atoms with E-state index in [0.29, 0.717) is 11.8 Å². The smallest absolute Gasteiger partial charge is 0.0649 e. The fourth-order valence-corrected chi connectivity index (χ4v) is 1.16. The van der Waals surface area contributed by atoms with Gasteiger partial charge in [0.1, 0.15) is 0 Å². The second kappa shape index (κ2) is 3.74. The molecule has 0 atom stereocenters. The number of rotatable bonds is 3. The first-order chi connectivity index (χ1) is 5.59. The van der Waals surface area contributed by atoms with Crippen molar-refractivity contribution in [3.63, 3.8) is 0 Å². The van der Waals surface area contributed by atoms with Gasteiger partial charge in [-0.05, 0) is 17.9 Å². The Hall–Kier alpha value is -0.790. The van der Waals surface area contributed by atoms with Crippen molar-refractivity contribution in [1.82, 2.24) is 9.78 Å². The first-order valence-corrected chi connectivity index (χ1v) is 4.63. The van der Waals surface area contributed by atoms with Gasteiger partial charge in [-0.3, -0.25) is 4.68 Å². The highest BCUT2D eigenvalue weighted by molar-refractivity contribution is 5.03. The van der Waals surface area contributed by atoms with Crippen LogP contribution in [0.3, 0.4) is 0 Å². The predicted octanol–water partition coefficient (Wildman–Crippen LogP) is 2.66. The maximum absolute atomic E-state index is 4.47. The molecule has 1 aromatic heterocycles. The Morgan fingerprint density at radius 1 is 1.33 bits per heavy atom. The van der Waals surface area contributed by atoms with Gasteiger partial charge in [-0.15, -0.1) is 0 Å². The summed E-state index contributed by atoms with van der Waals surface area (Å²) >= 11 is 0. The van der Waals surface area contributed by atoms with Crippen LogP contribution in [0.2, 0.25) is 0 Å². The van der Waals surface area contributed by atoms with Gasteiger partial charge in [0.2, 0.25) is 0 Å². The number of hydrogen-bond acceptors (Lipinski definition) is 1. The molecule has 2 heteroatoms. The monoisotopic (exact) mass is 166 g/mol. The second-order valence-corrected chi connectivity index (χ2v) is 4.01. The van der Waals surface area contributed by atoms with Gasteiger partial charge < -0.3 is 0 Å². The predicted molar refractivity (Wildman–Crippen MR) is 51.2 cm³/mol. The number of aromatic nitrogens is 2. The SMILES string of the molecule is CC(C)Cn1ccc(C(C)C)n1. The molecule has 0 aliphatic carbocycles. The molecule has 0 aliphatic rings. The van der Waals surface area contributed by atoms with Crippen LogP contribution in [0.25, 0.3) is 0 Å². The minimum absolute atomic E-state index is 0.540. The molecule has 0 saturated heterocycles. The summed E-state index contributed by atoms with van der Waals surface area (Å²) in [6, 6.07) is 2.10. The normalized spacial score (nSPS) is 11.5. The van der Waals surface area contributed by atoms with Crippen LogP contribution in [0.4, 0.5) is 0 Å². The minimum atomic E-state index is 0.540. The quantitative estimate of drug-likeness (QED) is 0.675. The molecule has 0 amide bonds. The lowest BCUT2D eigenvalue weighted by atomic mass is 10.1. The minimum Gasteiger partial charge on any atom is -0.272 e. The molecule has 0 aromatic carbocycles. The molecule has 12 heavy (non-hydrogen) atoms. The van der Waals surface area contributed by atoms with E-state index < -0.39 is 0 Å². The van der Waals surface area contributed by atoms with Crippen LogP contribution in [0.1, 0.15) is 39.3 Å². The van der Waals surface area contributed by atoms with E-state index in [1.54, 1.807) is 0 Å². The summed E-state index contributed by atoms with van der Waals surface area (Å²) in [5.74, 6) is 1.21. The van der Waals surface area contributed by atoms with E-state index >= 15 is 0 Å². The zero-order valence-corrected chi connectivity index (χ0v) is 8.41. The van der Waals surface area contributed by atoms with Crippen LogP contribution in [0, 0.1) is 5.92 Å². The summed E-state index contributed by atoms with van der Waals surface area (Å²) in [5, 5.41) is 4.47. The van der Waals surface area contributed by atoms with Crippen molar-refractivity contribution >= 4 is 0 Å². The van der Waals surface area contributed by atoms with Crippen molar-refractivity contribution < 1.29 is 0 Å². The summed E-state index contributed by atoms with van der Waals surface area (Å²) in [7, 11) is 0. The molecule has 0 saturated carbocycles. The van der Waals surface area contributed by atoms with E-state index in [0.717, 1.165) is 6.54 Å². The van der Waals surface area contributed by atoms with Gasteiger partial charge in [0, 0.05) is 12.7 Å². The van der Waals surface area contributed by atoms with E-state index in [-0.39, 0.29) is 0 Å². The molecule has 0 aliphatic heterocycles. The van der Waals surface area contributed by atoms with Crippen molar-refractivity contribution in [2.45, 2.75) is 40.2 Å². The molecular weight excluding hydrogens is 148 g/mol. The van der Waals surface area contributed by atoms with Crippen molar-refractivity contribution in [2.75, 3.05) is 0 Å². The van der Waals surface area contributed by atoms with Crippen molar-refractivity contribution in [3.05, 3.63) is 18.0 Å². The lowest BCUT2D eigenvalue weighted by Crippen LogP contribution is -2.05. The molecule has 0 unspecified atom stereocenters. The largest absolute Gasteiger partial charge is 0.272 e. The van der Waals surface area contributed by atoms with Crippen LogP contribution in [0.15, 0.2) is 12.3 Å². The average molecular weight is 166 g/mol. The molecule has 0 N–H and O–H groups in total. The third kappa shape index (κ3) is 2.36. The van der Waals surface area contributed by atoms with Gasteiger partial charge in [-0.25, -0.2) is 0 Å². The highest BCUT2D eigenvalue weighted by Crippen LogP contribution is 2.11. The zero-order valence-electron chi connectivity index (χ0n) is 8.41. The number of nitrogens with zero attached hydrogens (tertiary/aromatic N) is 2. The average Bonchev–Trinajstić information content (AvgIpc) is 2.34. The Balaban J connectivity index is 2.64. The molecule has 1 aromatic rings. The first-order valence-electron chi connectivity index (χ1n) is 4.63. The first kappa shape index (κ1) is 9.30. The Bertz CT molecular complexity index is 236. The van der Waals surface area contributed by atoms with Crippen LogP contribution in [0.5, 0.6) is 0 Å². The summed E-state index contributed by atoms with van der Waals surface area (Å²) in [6.07, 6.45) is 2.06. The molecule has 0 spiro atoms. The fourth-order valence-electron chi connectivity index (χ4n) is 1.16. The molecular formula is C10H18N2. The van der Waals surface area contributed by atoms with E-state index in [9.17, 15) is 0 Å².